The van der Waals surface area contributed by atoms with Crippen LogP contribution >= 0.6 is 11.6 Å². The molecule has 0 fully saturated rings. The van der Waals surface area contributed by atoms with Crippen LogP contribution in [0.1, 0.15) is 31.7 Å². The lowest BCUT2D eigenvalue weighted by Crippen LogP contribution is -2.44. The molecule has 0 aromatic heterocycles. The number of nitrogens with one attached hydrogen (secondary N) is 2. The first-order chi connectivity index (χ1) is 12.7. The average molecular weight is 416 g/mol. The number of hydrogen-bond donors (Lipinski definition) is 3. The summed E-state index contributed by atoms with van der Waals surface area (Å²) in [6.45, 7) is 1.36. The molecule has 1 heterocycles. The van der Waals surface area contributed by atoms with Gasteiger partial charge in [0.1, 0.15) is 23.4 Å². The number of rotatable bonds is 10. The summed E-state index contributed by atoms with van der Waals surface area (Å²) in [6.07, 6.45) is 3.61. The van der Waals surface area contributed by atoms with E-state index in [1.54, 1.807) is 12.1 Å². The van der Waals surface area contributed by atoms with Gasteiger partial charge in [-0.3, -0.25) is 19.9 Å². The molecule has 0 amide bonds. The van der Waals surface area contributed by atoms with Gasteiger partial charge in [-0.15, -0.1) is 0 Å². The Kier molecular flexibility index (Phi) is 7.10. The van der Waals surface area contributed by atoms with Crippen molar-refractivity contribution in [3.63, 3.8) is 0 Å². The summed E-state index contributed by atoms with van der Waals surface area (Å²) in [4.78, 5) is 26.1. The Morgan fingerprint density at radius 2 is 2.07 bits per heavy atom. The zero-order valence-electron chi connectivity index (χ0n) is 14.8. The molecule has 0 saturated heterocycles. The Balaban J connectivity index is 2.19. The number of aliphatic carboxylic acids is 1. The van der Waals surface area contributed by atoms with Crippen LogP contribution in [0.25, 0.3) is 0 Å². The third-order valence-corrected chi connectivity index (χ3v) is 5.96. The van der Waals surface area contributed by atoms with Crippen molar-refractivity contribution in [3.05, 3.63) is 29.8 Å². The number of unbranched alkanes of at least 4 members (excludes halogenated alkanes) is 1. The van der Waals surface area contributed by atoms with Crippen molar-refractivity contribution in [3.8, 4) is 0 Å². The summed E-state index contributed by atoms with van der Waals surface area (Å²) < 4.78 is 26.1. The van der Waals surface area contributed by atoms with Crippen molar-refractivity contribution < 1.29 is 23.1 Å². The maximum absolute atomic E-state index is 12.1. The van der Waals surface area contributed by atoms with Gasteiger partial charge >= 0.3 is 5.97 Å². The van der Waals surface area contributed by atoms with Gasteiger partial charge in [0, 0.05) is 6.42 Å². The molecule has 2 atom stereocenters. The number of halogens is 1. The van der Waals surface area contributed by atoms with Crippen molar-refractivity contribution in [2.75, 3.05) is 6.54 Å². The van der Waals surface area contributed by atoms with Crippen LogP contribution in [0.3, 0.4) is 0 Å². The predicted octanol–water partition coefficient (Wildman–Crippen LogP) is 1.29. The van der Waals surface area contributed by atoms with Gasteiger partial charge in [0.15, 0.2) is 6.29 Å². The van der Waals surface area contributed by atoms with Crippen molar-refractivity contribution in [1.29, 1.82) is 0 Å². The van der Waals surface area contributed by atoms with E-state index in [4.69, 9.17) is 16.7 Å². The molecule has 0 bridgehead atoms. The maximum Gasteiger partial charge on any atom is 0.318 e. The Morgan fingerprint density at radius 1 is 1.41 bits per heavy atom. The van der Waals surface area contributed by atoms with Crippen molar-refractivity contribution in [2.24, 2.45) is 4.99 Å². The van der Waals surface area contributed by atoms with Crippen LogP contribution < -0.4 is 10.0 Å². The number of carboxylic acid groups (broad SMARTS) is 1. The molecular formula is C17H22ClN3O5S. The van der Waals surface area contributed by atoms with E-state index in [1.807, 2.05) is 4.72 Å². The average Bonchev–Trinajstić information content (AvgIpc) is 2.94. The number of carbonyl (C=O) groups is 2. The number of benzene rings is 1. The van der Waals surface area contributed by atoms with Gasteiger partial charge in [0.05, 0.1) is 4.90 Å². The summed E-state index contributed by atoms with van der Waals surface area (Å²) in [5.74, 6) is -1.26. The molecule has 1 aliphatic heterocycles. The van der Waals surface area contributed by atoms with Gasteiger partial charge in [0.2, 0.25) is 10.0 Å². The summed E-state index contributed by atoms with van der Waals surface area (Å²) in [7, 11) is -3.89. The second kappa shape index (κ2) is 8.92. The minimum atomic E-state index is -3.89. The van der Waals surface area contributed by atoms with Gasteiger partial charge in [0.25, 0.3) is 0 Å². The molecule has 27 heavy (non-hydrogen) atoms. The zero-order chi connectivity index (χ0) is 20.1. The lowest BCUT2D eigenvalue weighted by Gasteiger charge is -2.27. The monoisotopic (exact) mass is 415 g/mol. The van der Waals surface area contributed by atoms with Crippen LogP contribution in [0.5, 0.6) is 0 Å². The topological polar surface area (TPSA) is 125 Å². The second-order valence-electron chi connectivity index (χ2n) is 6.34. The highest BCUT2D eigenvalue weighted by atomic mass is 35.5. The number of carbonyl (C=O) groups excluding carboxylic acids is 1. The van der Waals surface area contributed by atoms with Crippen LogP contribution in [0.4, 0.5) is 0 Å². The van der Waals surface area contributed by atoms with Gasteiger partial charge in [-0.25, -0.2) is 8.42 Å². The highest BCUT2D eigenvalue weighted by molar-refractivity contribution is 7.89. The Bertz CT molecular complexity index is 825. The largest absolute Gasteiger partial charge is 0.480 e. The molecule has 1 aliphatic rings. The van der Waals surface area contributed by atoms with E-state index in [1.165, 1.54) is 12.1 Å². The van der Waals surface area contributed by atoms with E-state index in [9.17, 15) is 18.0 Å². The lowest BCUT2D eigenvalue weighted by atomic mass is 9.95. The third-order valence-electron chi connectivity index (χ3n) is 4.21. The maximum atomic E-state index is 12.1. The summed E-state index contributed by atoms with van der Waals surface area (Å²) in [6, 6.07) is 6.10. The van der Waals surface area contributed by atoms with E-state index in [0.717, 1.165) is 18.4 Å². The van der Waals surface area contributed by atoms with E-state index in [0.29, 0.717) is 19.1 Å². The molecular weight excluding hydrogens is 394 g/mol. The fourth-order valence-electron chi connectivity index (χ4n) is 2.87. The smallest absolute Gasteiger partial charge is 0.318 e. The first-order valence-electron chi connectivity index (χ1n) is 8.48. The molecule has 0 saturated carbocycles. The highest BCUT2D eigenvalue weighted by Gasteiger charge is 2.38. The molecule has 0 aliphatic carbocycles. The van der Waals surface area contributed by atoms with Gasteiger partial charge in [-0.2, -0.15) is 4.72 Å². The minimum Gasteiger partial charge on any atom is -0.480 e. The van der Waals surface area contributed by atoms with Crippen LogP contribution in [0.15, 0.2) is 34.2 Å². The molecule has 0 radical (unpaired) electrons. The fourth-order valence-corrected chi connectivity index (χ4v) is 4.15. The lowest BCUT2D eigenvalue weighted by molar-refractivity contribution is -0.135. The van der Waals surface area contributed by atoms with Crippen molar-refractivity contribution in [2.45, 2.75) is 48.7 Å². The summed E-state index contributed by atoms with van der Waals surface area (Å²) in [5, 5.41) is 11.8. The Labute approximate surface area is 163 Å². The molecule has 1 aromatic carbocycles. The first kappa shape index (κ1) is 21.5. The predicted molar refractivity (Wildman–Crippen MR) is 102 cm³/mol. The zero-order valence-corrected chi connectivity index (χ0v) is 16.4. The van der Waals surface area contributed by atoms with Crippen molar-refractivity contribution >= 4 is 39.6 Å². The Morgan fingerprint density at radius 3 is 2.59 bits per heavy atom. The van der Waals surface area contributed by atoms with E-state index >= 15 is 0 Å². The molecule has 0 spiro atoms. The molecule has 8 nitrogen and oxygen atoms in total. The van der Waals surface area contributed by atoms with Crippen LogP contribution in [-0.4, -0.2) is 49.2 Å². The highest BCUT2D eigenvalue weighted by Crippen LogP contribution is 2.28. The number of nitrogens with zero attached hydrogens (tertiary/aromatic N) is 1. The van der Waals surface area contributed by atoms with Gasteiger partial charge in [-0.05, 0) is 30.5 Å². The molecule has 2 rings (SSSR count). The number of alkyl halides is 1. The molecule has 3 N–H and O–H groups in total. The van der Waals surface area contributed by atoms with Crippen LogP contribution in [-0.2, 0) is 26.0 Å². The van der Waals surface area contributed by atoms with E-state index in [2.05, 4.69) is 17.2 Å². The molecule has 2 unspecified atom stereocenters. The molecule has 10 heteroatoms. The van der Waals surface area contributed by atoms with Crippen LogP contribution in [0, 0.1) is 0 Å². The number of sulfonamides is 1. The minimum absolute atomic E-state index is 0.0261. The fraction of sp³-hybridized carbons (Fsp3) is 0.471. The third kappa shape index (κ3) is 5.58. The van der Waals surface area contributed by atoms with E-state index < -0.39 is 33.7 Å². The van der Waals surface area contributed by atoms with Crippen molar-refractivity contribution in [1.82, 2.24) is 10.0 Å². The standard InChI is InChI=1S/C17H22ClN3O5S/c1-2-3-8-17(20-14(11-22)16(18)21-17)9-12-4-6-13(7-5-12)27(25,26)19-10-15(23)24/h4-7,11,16,19,21H,2-3,8-10H2,1H3,(H,23,24). The number of carboxylic acids is 1. The van der Waals surface area contributed by atoms with E-state index in [-0.39, 0.29) is 10.6 Å². The number of aldehydes is 1. The summed E-state index contributed by atoms with van der Waals surface area (Å²) in [5.41, 5.74) is -0.291. The molecule has 148 valence electrons. The SMILES string of the molecule is CCCCC1(Cc2ccc(S(=O)(=O)NCC(=O)O)cc2)N=C(C=O)C(Cl)N1. The first-order valence-corrected chi connectivity index (χ1v) is 10.4. The molecule has 1 aromatic rings. The second-order valence-corrected chi connectivity index (χ2v) is 8.54. The normalized spacial score (nSPS) is 22.4. The number of aliphatic imine (C=N–C) groups is 1. The van der Waals surface area contributed by atoms with Gasteiger partial charge < -0.3 is 5.11 Å². The summed E-state index contributed by atoms with van der Waals surface area (Å²) >= 11 is 6.14. The van der Waals surface area contributed by atoms with Crippen LogP contribution in [0.2, 0.25) is 0 Å². The van der Waals surface area contributed by atoms with Gasteiger partial charge in [-0.1, -0.05) is 37.1 Å². The quantitative estimate of drug-likeness (QED) is 0.300. The number of hydrogen-bond acceptors (Lipinski definition) is 6. The Hall–Kier alpha value is -1.81.